The van der Waals surface area contributed by atoms with Crippen molar-refractivity contribution >= 4 is 5.97 Å². The van der Waals surface area contributed by atoms with E-state index in [1.807, 2.05) is 6.08 Å². The molecule has 8 bridgehead atoms. The van der Waals surface area contributed by atoms with Gasteiger partial charge in [0.1, 0.15) is 6.61 Å². The summed E-state index contributed by atoms with van der Waals surface area (Å²) >= 11 is 0. The van der Waals surface area contributed by atoms with Crippen LogP contribution in [0.15, 0.2) is 11.6 Å². The Morgan fingerprint density at radius 2 is 0.816 bits per heavy atom. The molecule has 0 aromatic carbocycles. The van der Waals surface area contributed by atoms with E-state index < -0.39 is 0 Å². The molecule has 17 unspecified atom stereocenters. The van der Waals surface area contributed by atoms with Crippen molar-refractivity contribution < 1.29 is 26.6 Å². The summed E-state index contributed by atoms with van der Waals surface area (Å²) < 4.78 is 5.96. The Balaban J connectivity index is 0.00000348. The first kappa shape index (κ1) is 35.4. The third-order valence-electron chi connectivity index (χ3n) is 14.9. The van der Waals surface area contributed by atoms with E-state index in [-0.39, 0.29) is 59.5 Å². The number of ether oxygens (including phenoxy) is 1. The van der Waals surface area contributed by atoms with Gasteiger partial charge in [0.25, 0.3) is 0 Å². The van der Waals surface area contributed by atoms with Gasteiger partial charge in [-0.15, -0.1) is 0 Å². The van der Waals surface area contributed by atoms with Crippen molar-refractivity contribution in [2.24, 2.45) is 53.3 Å². The predicted molar refractivity (Wildman–Crippen MR) is 186 cm³/mol. The molecule has 4 saturated carbocycles. The van der Waals surface area contributed by atoms with E-state index in [9.17, 15) is 4.79 Å². The van der Waals surface area contributed by atoms with E-state index in [1.54, 1.807) is 0 Å². The number of carbonyl (C=O) groups excluding carboxylic acids is 1. The second-order valence-corrected chi connectivity index (χ2v) is 17.7. The average molecular weight is 729 g/mol. The molecular weight excluding hydrogens is 664 g/mol. The predicted octanol–water partition coefficient (Wildman–Crippen LogP) is 3.34. The van der Waals surface area contributed by atoms with Gasteiger partial charge in [0, 0.05) is 23.0 Å². The van der Waals surface area contributed by atoms with Crippen LogP contribution < -0.4 is 42.5 Å². The zero-order valence-electron chi connectivity index (χ0n) is 29.8. The maximum atomic E-state index is 13.8. The molecule has 0 spiro atoms. The van der Waals surface area contributed by atoms with Gasteiger partial charge in [0.05, 0.1) is 55.2 Å². The summed E-state index contributed by atoms with van der Waals surface area (Å²) in [5, 5.41) is 33.5. The smallest absolute Gasteiger partial charge is 0.309 e. The molecule has 49 heavy (non-hydrogen) atoms. The Labute approximate surface area is 305 Å². The van der Waals surface area contributed by atoms with Gasteiger partial charge >= 0.3 is 5.97 Å². The summed E-state index contributed by atoms with van der Waals surface area (Å²) in [5.41, 5.74) is 1.19. The Bertz CT molecular complexity index is 1200. The molecule has 279 valence electrons. The zero-order chi connectivity index (χ0) is 32.4. The molecule has 11 heteroatoms. The first-order valence-corrected chi connectivity index (χ1v) is 20.4. The molecule has 8 N–H and O–H groups in total. The van der Waals surface area contributed by atoms with E-state index in [0.29, 0.717) is 72.7 Å². The van der Waals surface area contributed by atoms with Crippen molar-refractivity contribution in [2.45, 2.75) is 159 Å². The molecule has 5 heterocycles. The number of hydrogen-bond donors (Lipinski definition) is 8. The molecule has 4 aliphatic carbocycles. The van der Waals surface area contributed by atoms with Crippen molar-refractivity contribution in [1.82, 2.24) is 42.5 Å². The maximum absolute atomic E-state index is 13.8. The van der Waals surface area contributed by atoms with Crippen LogP contribution >= 0.6 is 0 Å². The van der Waals surface area contributed by atoms with Crippen LogP contribution in [0.2, 0.25) is 0 Å². The fourth-order valence-corrected chi connectivity index (χ4v) is 12.7. The topological polar surface area (TPSA) is 123 Å². The first-order chi connectivity index (χ1) is 23.5. The van der Waals surface area contributed by atoms with Crippen LogP contribution in [0.5, 0.6) is 0 Å². The van der Waals surface area contributed by atoms with Crippen molar-refractivity contribution in [3.05, 3.63) is 11.6 Å². The average Bonchev–Trinajstić information content (AvgIpc) is 3.84. The third kappa shape index (κ3) is 6.74. The number of carbonyl (C=O) groups is 1. The summed E-state index contributed by atoms with van der Waals surface area (Å²) in [6, 6.07) is 0. The van der Waals surface area contributed by atoms with E-state index >= 15 is 0 Å². The molecule has 17 atom stereocenters. The summed E-state index contributed by atoms with van der Waals surface area (Å²) in [5.74, 6) is 4.40. The van der Waals surface area contributed by atoms with Gasteiger partial charge in [-0.1, -0.05) is 50.5 Å². The summed E-state index contributed by atoms with van der Waals surface area (Å²) in [6.45, 7) is 4.52. The minimum atomic E-state index is -0.0813. The van der Waals surface area contributed by atoms with E-state index in [4.69, 9.17) is 4.74 Å². The Hall–Kier alpha value is -0.591. The van der Waals surface area contributed by atoms with E-state index in [0.717, 1.165) is 19.3 Å². The molecule has 5 saturated heterocycles. The number of fused-ring (bicyclic) bond motifs is 20. The molecule has 0 amide bonds. The number of allylic oxidation sites excluding steroid dienone is 1. The van der Waals surface area contributed by atoms with Crippen molar-refractivity contribution in [2.75, 3.05) is 6.61 Å². The number of esters is 1. The normalized spacial score (nSPS) is 50.2. The fraction of sp³-hybridized carbons (Fsp3) is 0.921. The van der Waals surface area contributed by atoms with Crippen LogP contribution in [-0.2, 0) is 26.6 Å². The second-order valence-electron chi connectivity index (χ2n) is 17.7. The van der Waals surface area contributed by atoms with Crippen molar-refractivity contribution in [3.63, 3.8) is 0 Å². The Morgan fingerprint density at radius 1 is 0.490 bits per heavy atom. The molecule has 9 fully saturated rings. The number of rotatable bonds is 3. The quantitative estimate of drug-likeness (QED) is 0.125. The monoisotopic (exact) mass is 727 g/mol. The number of nitrogens with one attached hydrogen (secondary N) is 8. The van der Waals surface area contributed by atoms with Gasteiger partial charge in [-0.05, 0) is 113 Å². The van der Waals surface area contributed by atoms with E-state index in [1.165, 1.54) is 82.6 Å². The molecule has 5 aliphatic heterocycles. The Morgan fingerprint density at radius 3 is 1.18 bits per heavy atom. The van der Waals surface area contributed by atoms with Crippen LogP contribution in [0.1, 0.15) is 110 Å². The van der Waals surface area contributed by atoms with E-state index in [2.05, 4.69) is 56.4 Å². The minimum absolute atomic E-state index is 0. The molecule has 10 nitrogen and oxygen atoms in total. The van der Waals surface area contributed by atoms with Gasteiger partial charge < -0.3 is 4.74 Å². The zero-order valence-corrected chi connectivity index (χ0v) is 30.8. The molecule has 1 radical (unpaired) electrons. The van der Waals surface area contributed by atoms with Gasteiger partial charge in [0.2, 0.25) is 0 Å². The van der Waals surface area contributed by atoms with Gasteiger partial charge in [0.15, 0.2) is 0 Å². The standard InChI is InChI=1S/C38H64N8O2.Cu/c1-20(2)18-19-48-38(47)28-17-9-16-27-29(28)37-45-35-26-15-8-7-14-25(26)33(43-35)41-31-22-11-4-3-10-21(22)30(39-31)40-32-23-12-5-6-13-24(23)34(42-32)44-36(27)46-37;/h18,21-37,39-46H,3-17,19H2,1-2H3;. The van der Waals surface area contributed by atoms with Crippen LogP contribution in [-0.4, -0.2) is 61.9 Å². The molecule has 9 aliphatic rings. The van der Waals surface area contributed by atoms with Gasteiger partial charge in [-0.25, -0.2) is 0 Å². The summed E-state index contributed by atoms with van der Waals surface area (Å²) in [4.78, 5) is 13.8. The third-order valence-corrected chi connectivity index (χ3v) is 14.9. The largest absolute Gasteiger partial charge is 0.461 e. The van der Waals surface area contributed by atoms with Crippen LogP contribution in [0.3, 0.4) is 0 Å². The number of hydrogen-bond acceptors (Lipinski definition) is 10. The van der Waals surface area contributed by atoms with Crippen LogP contribution in [0.4, 0.5) is 0 Å². The molecule has 0 aromatic heterocycles. The fourth-order valence-electron chi connectivity index (χ4n) is 12.7. The molecule has 9 rings (SSSR count). The first-order valence-electron chi connectivity index (χ1n) is 20.4. The van der Waals surface area contributed by atoms with Gasteiger partial charge in [-0.2, -0.15) is 0 Å². The molecule has 0 aromatic rings. The minimum Gasteiger partial charge on any atom is -0.461 e. The molecular formula is C38H64CuN8O2. The maximum Gasteiger partial charge on any atom is 0.309 e. The van der Waals surface area contributed by atoms with Crippen molar-refractivity contribution in [1.29, 1.82) is 0 Å². The summed E-state index contributed by atoms with van der Waals surface area (Å²) in [7, 11) is 0. The van der Waals surface area contributed by atoms with Crippen LogP contribution in [0.25, 0.3) is 0 Å². The SMILES string of the molecule is CC(C)=CCOC(=O)C1CCCC2C3NC4NC(NC5NC(NC6NC(NC(N3)C12)C1CCCCC61)C1CCCCC51)C1CCCCC41.[Cu]. The summed E-state index contributed by atoms with van der Waals surface area (Å²) in [6.07, 6.45) is 23.1. The van der Waals surface area contributed by atoms with Crippen molar-refractivity contribution in [3.8, 4) is 0 Å². The van der Waals surface area contributed by atoms with Gasteiger partial charge in [-0.3, -0.25) is 47.3 Å². The second kappa shape index (κ2) is 15.0. The van der Waals surface area contributed by atoms with Crippen LogP contribution in [0, 0.1) is 53.3 Å². The Kier molecular flexibility index (Phi) is 10.9.